The molecule has 1 aliphatic heterocycles. The SMILES string of the molecule is C[C@]12CCC(=O)N[C@@H]1CCc1cc(-c3cnc4ccccc4c3)ccc12. The summed E-state index contributed by atoms with van der Waals surface area (Å²) in [5.74, 6) is 0.204. The Bertz CT molecular complexity index is 1030. The van der Waals surface area contributed by atoms with Gasteiger partial charge in [0.05, 0.1) is 5.52 Å². The number of carbonyl (C=O) groups excluding carboxylic acids is 1. The lowest BCUT2D eigenvalue weighted by atomic mass is 9.64. The van der Waals surface area contributed by atoms with Crippen LogP contribution in [0.15, 0.2) is 54.7 Å². The average Bonchev–Trinajstić information content (AvgIpc) is 2.68. The van der Waals surface area contributed by atoms with Crippen LogP contribution in [0.25, 0.3) is 22.0 Å². The molecular weight excluding hydrogens is 320 g/mol. The number of piperidine rings is 1. The van der Waals surface area contributed by atoms with Crippen molar-refractivity contribution < 1.29 is 4.79 Å². The zero-order valence-corrected chi connectivity index (χ0v) is 15.0. The number of carbonyl (C=O) groups is 1. The van der Waals surface area contributed by atoms with Gasteiger partial charge in [-0.15, -0.1) is 0 Å². The first-order chi connectivity index (χ1) is 12.6. The van der Waals surface area contributed by atoms with Crippen LogP contribution in [0, 0.1) is 0 Å². The number of amides is 1. The molecule has 1 aliphatic carbocycles. The van der Waals surface area contributed by atoms with E-state index in [4.69, 9.17) is 0 Å². The fourth-order valence-electron chi connectivity index (χ4n) is 4.75. The van der Waals surface area contributed by atoms with Crippen molar-refractivity contribution in [1.82, 2.24) is 10.3 Å². The number of nitrogens with zero attached hydrogens (tertiary/aromatic N) is 1. The van der Waals surface area contributed by atoms with Gasteiger partial charge in [0.25, 0.3) is 0 Å². The summed E-state index contributed by atoms with van der Waals surface area (Å²) in [6, 6.07) is 17.6. The molecule has 0 radical (unpaired) electrons. The van der Waals surface area contributed by atoms with Gasteiger partial charge in [-0.1, -0.05) is 43.3 Å². The highest BCUT2D eigenvalue weighted by Gasteiger charge is 2.43. The minimum absolute atomic E-state index is 0.0572. The Kier molecular flexibility index (Phi) is 3.39. The Morgan fingerprint density at radius 3 is 2.88 bits per heavy atom. The number of aryl methyl sites for hydroxylation is 1. The topological polar surface area (TPSA) is 42.0 Å². The van der Waals surface area contributed by atoms with Gasteiger partial charge in [0.1, 0.15) is 0 Å². The Morgan fingerprint density at radius 2 is 1.96 bits per heavy atom. The molecule has 1 saturated heterocycles. The molecule has 1 amide bonds. The van der Waals surface area contributed by atoms with Crippen molar-refractivity contribution >= 4 is 16.8 Å². The number of aromatic nitrogens is 1. The van der Waals surface area contributed by atoms with Crippen LogP contribution in [0.1, 0.15) is 37.3 Å². The summed E-state index contributed by atoms with van der Waals surface area (Å²) >= 11 is 0. The van der Waals surface area contributed by atoms with Gasteiger partial charge in [0.15, 0.2) is 0 Å². The van der Waals surface area contributed by atoms with Crippen LogP contribution < -0.4 is 5.32 Å². The Hall–Kier alpha value is -2.68. The van der Waals surface area contributed by atoms with E-state index in [0.717, 1.165) is 30.3 Å². The third-order valence-corrected chi connectivity index (χ3v) is 6.32. The number of nitrogens with one attached hydrogen (secondary N) is 1. The lowest BCUT2D eigenvalue weighted by Crippen LogP contribution is -2.55. The highest BCUT2D eigenvalue weighted by molar-refractivity contribution is 5.83. The third-order valence-electron chi connectivity index (χ3n) is 6.32. The Balaban J connectivity index is 1.56. The van der Waals surface area contributed by atoms with Crippen LogP contribution in [-0.2, 0) is 16.6 Å². The predicted octanol–water partition coefficient (Wildman–Crippen LogP) is 4.38. The van der Waals surface area contributed by atoms with Gasteiger partial charge >= 0.3 is 0 Å². The Labute approximate surface area is 153 Å². The van der Waals surface area contributed by atoms with E-state index in [1.807, 2.05) is 18.3 Å². The number of para-hydroxylation sites is 1. The van der Waals surface area contributed by atoms with Gasteiger partial charge in [-0.25, -0.2) is 0 Å². The summed E-state index contributed by atoms with van der Waals surface area (Å²) in [5, 5.41) is 4.39. The Morgan fingerprint density at radius 1 is 1.08 bits per heavy atom. The molecule has 0 bridgehead atoms. The van der Waals surface area contributed by atoms with E-state index in [-0.39, 0.29) is 17.4 Å². The summed E-state index contributed by atoms with van der Waals surface area (Å²) < 4.78 is 0. The molecular formula is C23H22N2O. The third kappa shape index (κ3) is 2.34. The van der Waals surface area contributed by atoms with Crippen LogP contribution in [0.4, 0.5) is 0 Å². The maximum Gasteiger partial charge on any atom is 0.220 e. The van der Waals surface area contributed by atoms with E-state index in [2.05, 4.69) is 53.6 Å². The molecule has 3 aromatic rings. The monoisotopic (exact) mass is 342 g/mol. The van der Waals surface area contributed by atoms with E-state index in [1.54, 1.807) is 0 Å². The normalized spacial score (nSPS) is 24.7. The lowest BCUT2D eigenvalue weighted by molar-refractivity contribution is -0.125. The van der Waals surface area contributed by atoms with Crippen LogP contribution in [0.2, 0.25) is 0 Å². The van der Waals surface area contributed by atoms with E-state index in [9.17, 15) is 4.79 Å². The first kappa shape index (κ1) is 15.6. The average molecular weight is 342 g/mol. The van der Waals surface area contributed by atoms with Crippen LogP contribution in [0.5, 0.6) is 0 Å². The summed E-state index contributed by atoms with van der Waals surface area (Å²) in [6.45, 7) is 2.31. The van der Waals surface area contributed by atoms with Crippen LogP contribution in [-0.4, -0.2) is 16.9 Å². The summed E-state index contributed by atoms with van der Waals surface area (Å²) in [5.41, 5.74) is 6.31. The quantitative estimate of drug-likeness (QED) is 0.713. The van der Waals surface area contributed by atoms with Gasteiger partial charge in [-0.2, -0.15) is 0 Å². The van der Waals surface area contributed by atoms with E-state index in [0.29, 0.717) is 6.42 Å². The van der Waals surface area contributed by atoms with Crippen molar-refractivity contribution in [3.05, 3.63) is 65.9 Å². The van der Waals surface area contributed by atoms with Crippen molar-refractivity contribution in [1.29, 1.82) is 0 Å². The molecule has 0 spiro atoms. The van der Waals surface area contributed by atoms with Gasteiger partial charge < -0.3 is 5.32 Å². The zero-order chi connectivity index (χ0) is 17.7. The number of pyridine rings is 1. The molecule has 2 aliphatic rings. The number of benzene rings is 2. The second kappa shape index (κ2) is 5.66. The molecule has 0 unspecified atom stereocenters. The molecule has 1 fully saturated rings. The number of hydrogen-bond donors (Lipinski definition) is 1. The molecule has 0 saturated carbocycles. The molecule has 5 rings (SSSR count). The zero-order valence-electron chi connectivity index (χ0n) is 15.0. The standard InChI is InChI=1S/C23H22N2O/c1-23-11-10-22(26)25-21(23)9-7-16-12-15(6-8-19(16)23)18-13-17-4-2-3-5-20(17)24-14-18/h2-6,8,12-14,21H,7,9-11H2,1H3,(H,25,26)/t21-,23-/m1/s1. The molecule has 1 N–H and O–H groups in total. The maximum absolute atomic E-state index is 11.8. The van der Waals surface area contributed by atoms with Crippen molar-refractivity contribution in [2.24, 2.45) is 0 Å². The summed E-state index contributed by atoms with van der Waals surface area (Å²) in [4.78, 5) is 16.4. The summed E-state index contributed by atoms with van der Waals surface area (Å²) in [6.07, 6.45) is 5.58. The maximum atomic E-state index is 11.8. The lowest BCUT2D eigenvalue weighted by Gasteiger charge is -2.46. The number of hydrogen-bond acceptors (Lipinski definition) is 2. The molecule has 2 aromatic carbocycles. The van der Waals surface area contributed by atoms with Crippen LogP contribution in [0.3, 0.4) is 0 Å². The molecule has 3 heteroatoms. The molecule has 2 heterocycles. The number of rotatable bonds is 1. The van der Waals surface area contributed by atoms with Crippen molar-refractivity contribution in [2.45, 2.75) is 44.1 Å². The highest BCUT2D eigenvalue weighted by atomic mass is 16.1. The predicted molar refractivity (Wildman–Crippen MR) is 104 cm³/mol. The van der Waals surface area contributed by atoms with Crippen molar-refractivity contribution in [2.75, 3.05) is 0 Å². The van der Waals surface area contributed by atoms with E-state index >= 15 is 0 Å². The first-order valence-electron chi connectivity index (χ1n) is 9.41. The van der Waals surface area contributed by atoms with Crippen LogP contribution >= 0.6 is 0 Å². The number of fused-ring (bicyclic) bond motifs is 4. The van der Waals surface area contributed by atoms with Gasteiger partial charge in [0.2, 0.25) is 5.91 Å². The molecule has 1 aromatic heterocycles. The molecule has 2 atom stereocenters. The molecule has 3 nitrogen and oxygen atoms in total. The van der Waals surface area contributed by atoms with Crippen molar-refractivity contribution in [3.8, 4) is 11.1 Å². The molecule has 26 heavy (non-hydrogen) atoms. The van der Waals surface area contributed by atoms with Gasteiger partial charge in [0, 0.05) is 35.0 Å². The second-order valence-corrected chi connectivity index (χ2v) is 7.86. The summed E-state index contributed by atoms with van der Waals surface area (Å²) in [7, 11) is 0. The fraction of sp³-hybridized carbons (Fsp3) is 0.304. The van der Waals surface area contributed by atoms with Gasteiger partial charge in [-0.05, 0) is 48.1 Å². The fourth-order valence-corrected chi connectivity index (χ4v) is 4.75. The van der Waals surface area contributed by atoms with E-state index in [1.165, 1.54) is 22.1 Å². The minimum atomic E-state index is 0.0572. The largest absolute Gasteiger partial charge is 0.352 e. The van der Waals surface area contributed by atoms with Gasteiger partial charge in [-0.3, -0.25) is 9.78 Å². The second-order valence-electron chi connectivity index (χ2n) is 7.86. The smallest absolute Gasteiger partial charge is 0.220 e. The van der Waals surface area contributed by atoms with E-state index < -0.39 is 0 Å². The minimum Gasteiger partial charge on any atom is -0.352 e. The molecule has 130 valence electrons. The first-order valence-corrected chi connectivity index (χ1v) is 9.41. The highest BCUT2D eigenvalue weighted by Crippen LogP contribution is 2.43. The van der Waals surface area contributed by atoms with Crippen molar-refractivity contribution in [3.63, 3.8) is 0 Å².